The van der Waals surface area contributed by atoms with Gasteiger partial charge >= 0.3 is 5.97 Å². The molecule has 5 aromatic rings. The van der Waals surface area contributed by atoms with Gasteiger partial charge in [-0.1, -0.05) is 111 Å². The molecule has 12 nitrogen and oxygen atoms in total. The maximum absolute atomic E-state index is 14.5. The fourth-order valence-corrected chi connectivity index (χ4v) is 7.93. The maximum Gasteiger partial charge on any atom is 0.326 e. The Kier molecular flexibility index (Phi) is 15.2. The zero-order valence-corrected chi connectivity index (χ0v) is 35.0. The first-order valence-electron chi connectivity index (χ1n) is 20.4. The number of amides is 5. The van der Waals surface area contributed by atoms with Gasteiger partial charge in [0.05, 0.1) is 0 Å². The first kappa shape index (κ1) is 44.0. The van der Waals surface area contributed by atoms with Crippen LogP contribution >= 0.6 is 11.3 Å². The Morgan fingerprint density at radius 2 is 1.15 bits per heavy atom. The Labute approximate surface area is 359 Å². The van der Waals surface area contributed by atoms with Gasteiger partial charge in [-0.3, -0.25) is 24.0 Å². The summed E-state index contributed by atoms with van der Waals surface area (Å²) in [6.45, 7) is 4.36. The molecule has 4 atom stereocenters. The fourth-order valence-electron chi connectivity index (χ4n) is 7.18. The molecule has 0 spiro atoms. The predicted molar refractivity (Wildman–Crippen MR) is 236 cm³/mol. The number of anilines is 1. The van der Waals surface area contributed by atoms with E-state index in [1.54, 1.807) is 48.5 Å². The molecule has 61 heavy (non-hydrogen) atoms. The van der Waals surface area contributed by atoms with E-state index in [2.05, 4.69) is 64.7 Å². The molecule has 2 bridgehead atoms. The van der Waals surface area contributed by atoms with Crippen molar-refractivity contribution in [3.05, 3.63) is 148 Å². The number of benzene rings is 4. The van der Waals surface area contributed by atoms with Crippen LogP contribution in [-0.2, 0) is 60.9 Å². The summed E-state index contributed by atoms with van der Waals surface area (Å²) in [6.07, 6.45) is 0.710. The number of fused-ring (bicyclic) bond motifs is 18. The third-order valence-corrected chi connectivity index (χ3v) is 11.3. The van der Waals surface area contributed by atoms with E-state index in [1.807, 2.05) is 47.8 Å². The first-order valence-corrected chi connectivity index (χ1v) is 21.3. The van der Waals surface area contributed by atoms with Crippen LogP contribution in [0.1, 0.15) is 53.8 Å². The molecule has 1 aromatic heterocycles. The van der Waals surface area contributed by atoms with Gasteiger partial charge in [0.1, 0.15) is 24.2 Å². The number of hydrogen-bond donors (Lipinski definition) is 6. The standard InChI is InChI=1S/C48H51N5O7S/c1-30(2)25-32-10-16-35(17-11-32)36-18-12-33(13-19-36)27-40-45(56)51-39(26-31-7-4-3-5-8-31)46(57)53-42(48(59)60)28-34-14-20-37(21-15-34)49-43(54)22-23-44(55)50-41(47(58)52-40)29-38-9-6-24-61-38/h3-21,24,30,39-42H,22-23,25-29H2,1-2H3,(H,49,54)(H,50,55)(H,51,56)(H,52,58)(H,53,57)(H,59,60). The Balaban J connectivity index is 1.32. The van der Waals surface area contributed by atoms with Gasteiger partial charge in [-0.25, -0.2) is 4.79 Å². The van der Waals surface area contributed by atoms with E-state index in [-0.39, 0.29) is 38.5 Å². The molecule has 0 fully saturated rings. The number of thiophene rings is 1. The van der Waals surface area contributed by atoms with Crippen LogP contribution in [0.5, 0.6) is 0 Å². The zero-order chi connectivity index (χ0) is 43.3. The molecule has 0 radical (unpaired) electrons. The van der Waals surface area contributed by atoms with Crippen molar-refractivity contribution in [2.24, 2.45) is 5.92 Å². The molecule has 0 saturated carbocycles. The Morgan fingerprint density at radius 1 is 0.607 bits per heavy atom. The number of carbonyl (C=O) groups is 6. The summed E-state index contributed by atoms with van der Waals surface area (Å²) in [5, 5.41) is 25.9. The maximum atomic E-state index is 14.5. The van der Waals surface area contributed by atoms with Crippen LogP contribution in [0.4, 0.5) is 5.69 Å². The molecular formula is C48H51N5O7S. The van der Waals surface area contributed by atoms with Gasteiger partial charge in [-0.2, -0.15) is 0 Å². The SMILES string of the molecule is CC(C)Cc1ccc(-c2ccc(CC3NC(=O)C(Cc4cccs4)NC(=O)CCC(=O)Nc4ccc(cc4)CC(C(=O)O)NC(=O)C(Cc4ccccc4)NC3=O)cc2)cc1. The van der Waals surface area contributed by atoms with E-state index in [0.29, 0.717) is 22.7 Å². The van der Waals surface area contributed by atoms with E-state index in [4.69, 9.17) is 0 Å². The van der Waals surface area contributed by atoms with Crippen LogP contribution in [0.3, 0.4) is 0 Å². The van der Waals surface area contributed by atoms with Gasteiger partial charge in [0, 0.05) is 49.1 Å². The molecule has 7 rings (SSSR count). The number of carbonyl (C=O) groups excluding carboxylic acids is 5. The van der Waals surface area contributed by atoms with Crippen LogP contribution in [0, 0.1) is 5.92 Å². The van der Waals surface area contributed by atoms with Crippen LogP contribution in [-0.4, -0.2) is 64.8 Å². The molecule has 2 aliphatic rings. The second-order valence-electron chi connectivity index (χ2n) is 15.8. The minimum Gasteiger partial charge on any atom is -0.480 e. The lowest BCUT2D eigenvalue weighted by atomic mass is 9.97. The molecular weight excluding hydrogens is 791 g/mol. The molecule has 316 valence electrons. The van der Waals surface area contributed by atoms with E-state index >= 15 is 0 Å². The number of carboxylic acid groups (broad SMARTS) is 1. The highest BCUT2D eigenvalue weighted by molar-refractivity contribution is 7.09. The van der Waals surface area contributed by atoms with Gasteiger partial charge in [-0.05, 0) is 69.3 Å². The Morgan fingerprint density at radius 3 is 1.70 bits per heavy atom. The number of carboxylic acids is 1. The zero-order valence-electron chi connectivity index (χ0n) is 34.2. The molecule has 2 aliphatic heterocycles. The van der Waals surface area contributed by atoms with Gasteiger partial charge in [0.15, 0.2) is 0 Å². The van der Waals surface area contributed by atoms with Crippen LogP contribution < -0.4 is 26.6 Å². The molecule has 0 saturated heterocycles. The summed E-state index contributed by atoms with van der Waals surface area (Å²) < 4.78 is 0. The molecule has 4 unspecified atom stereocenters. The summed E-state index contributed by atoms with van der Waals surface area (Å²) in [5.74, 6) is -3.74. The van der Waals surface area contributed by atoms with Gasteiger partial charge < -0.3 is 31.7 Å². The summed E-state index contributed by atoms with van der Waals surface area (Å²) in [7, 11) is 0. The Hall–Kier alpha value is -6.60. The second-order valence-corrected chi connectivity index (χ2v) is 16.8. The molecule has 6 N–H and O–H groups in total. The van der Waals surface area contributed by atoms with Crippen molar-refractivity contribution in [2.75, 3.05) is 5.32 Å². The second kappa shape index (κ2) is 21.1. The van der Waals surface area contributed by atoms with Gasteiger partial charge in [-0.15, -0.1) is 11.3 Å². The van der Waals surface area contributed by atoms with Crippen molar-refractivity contribution in [1.82, 2.24) is 21.3 Å². The van der Waals surface area contributed by atoms with E-state index in [9.17, 15) is 33.9 Å². The average Bonchev–Trinajstić information content (AvgIpc) is 3.76. The van der Waals surface area contributed by atoms with Crippen molar-refractivity contribution in [3.8, 4) is 11.1 Å². The summed E-state index contributed by atoms with van der Waals surface area (Å²) in [6, 6.07) is 30.3. The quantitative estimate of drug-likeness (QED) is 0.0984. The van der Waals surface area contributed by atoms with Gasteiger partial charge in [0.25, 0.3) is 0 Å². The van der Waals surface area contributed by atoms with Crippen molar-refractivity contribution in [3.63, 3.8) is 0 Å². The third-order valence-electron chi connectivity index (χ3n) is 10.4. The van der Waals surface area contributed by atoms with Crippen molar-refractivity contribution in [1.29, 1.82) is 0 Å². The largest absolute Gasteiger partial charge is 0.480 e. The highest BCUT2D eigenvalue weighted by Gasteiger charge is 2.32. The minimum atomic E-state index is -1.35. The lowest BCUT2D eigenvalue weighted by Crippen LogP contribution is -2.59. The molecule has 0 aliphatic carbocycles. The lowest BCUT2D eigenvalue weighted by molar-refractivity contribution is -0.142. The Bertz CT molecular complexity index is 2280. The summed E-state index contributed by atoms with van der Waals surface area (Å²) >= 11 is 1.41. The van der Waals surface area contributed by atoms with Crippen molar-refractivity contribution >= 4 is 52.5 Å². The van der Waals surface area contributed by atoms with Gasteiger partial charge in [0.2, 0.25) is 29.5 Å². The molecule has 3 heterocycles. The summed E-state index contributed by atoms with van der Waals surface area (Å²) in [4.78, 5) is 82.2. The smallest absolute Gasteiger partial charge is 0.326 e. The van der Waals surface area contributed by atoms with Crippen molar-refractivity contribution in [2.45, 2.75) is 83.0 Å². The first-order chi connectivity index (χ1) is 29.4. The monoisotopic (exact) mass is 841 g/mol. The number of aliphatic carboxylic acids is 1. The van der Waals surface area contributed by atoms with Crippen LogP contribution in [0.25, 0.3) is 11.1 Å². The predicted octanol–water partition coefficient (Wildman–Crippen LogP) is 5.64. The third kappa shape index (κ3) is 13.2. The molecule has 5 amide bonds. The van der Waals surface area contributed by atoms with E-state index in [0.717, 1.165) is 28.0 Å². The number of rotatable bonds is 10. The van der Waals surface area contributed by atoms with E-state index in [1.165, 1.54) is 16.9 Å². The topological polar surface area (TPSA) is 183 Å². The normalized spacial score (nSPS) is 19.5. The lowest BCUT2D eigenvalue weighted by Gasteiger charge is -2.26. The van der Waals surface area contributed by atoms with Crippen LogP contribution in [0.15, 0.2) is 121 Å². The van der Waals surface area contributed by atoms with Crippen LogP contribution in [0.2, 0.25) is 0 Å². The molecule has 13 heteroatoms. The number of hydrogen-bond acceptors (Lipinski definition) is 7. The van der Waals surface area contributed by atoms with Crippen molar-refractivity contribution < 1.29 is 33.9 Å². The number of nitrogens with one attached hydrogen (secondary N) is 5. The average molecular weight is 842 g/mol. The highest BCUT2D eigenvalue weighted by Crippen LogP contribution is 2.23. The molecule has 4 aromatic carbocycles. The highest BCUT2D eigenvalue weighted by atomic mass is 32.1. The van der Waals surface area contributed by atoms with E-state index < -0.39 is 59.7 Å². The summed E-state index contributed by atoms with van der Waals surface area (Å²) in [5.41, 5.74) is 5.69. The minimum absolute atomic E-state index is 0.0261. The fraction of sp³-hybridized carbons (Fsp3) is 0.292.